The van der Waals surface area contributed by atoms with Gasteiger partial charge in [0.2, 0.25) is 0 Å². The molecule has 70 valence electrons. The van der Waals surface area contributed by atoms with Crippen molar-refractivity contribution < 1.29 is 9.53 Å². The third-order valence-electron chi connectivity index (χ3n) is 1.86. The molecule has 0 unspecified atom stereocenters. The van der Waals surface area contributed by atoms with Crippen molar-refractivity contribution in [3.8, 4) is 0 Å². The normalized spacial score (nSPS) is 10.0. The number of ketones is 1. The second-order valence-corrected chi connectivity index (χ2v) is 2.85. The summed E-state index contributed by atoms with van der Waals surface area (Å²) in [6.45, 7) is 4.71. The summed E-state index contributed by atoms with van der Waals surface area (Å²) in [7, 11) is 0. The summed E-state index contributed by atoms with van der Waals surface area (Å²) in [4.78, 5) is 11.2. The lowest BCUT2D eigenvalue weighted by molar-refractivity contribution is 0.100. The van der Waals surface area contributed by atoms with E-state index in [0.717, 1.165) is 11.1 Å². The molecule has 1 rings (SSSR count). The summed E-state index contributed by atoms with van der Waals surface area (Å²) in [5, 5.41) is 0. The van der Waals surface area contributed by atoms with E-state index in [9.17, 15) is 4.79 Å². The molecule has 0 heterocycles. The third kappa shape index (κ3) is 2.67. The molecular weight excluding hydrogens is 164 g/mol. The van der Waals surface area contributed by atoms with E-state index in [4.69, 9.17) is 4.74 Å². The molecule has 1 aromatic carbocycles. The molecule has 0 fully saturated rings. The molecule has 0 aliphatic heterocycles. The van der Waals surface area contributed by atoms with E-state index in [1.165, 1.54) is 0 Å². The first kappa shape index (κ1) is 9.93. The Morgan fingerprint density at radius 1 is 1.38 bits per heavy atom. The maximum Gasteiger partial charge on any atom is 0.160 e. The van der Waals surface area contributed by atoms with Crippen molar-refractivity contribution in [1.82, 2.24) is 0 Å². The predicted octanol–water partition coefficient (Wildman–Crippen LogP) is 2.43. The Kier molecular flexibility index (Phi) is 3.65. The largest absolute Gasteiger partial charge is 0.377 e. The first-order chi connectivity index (χ1) is 6.25. The zero-order valence-corrected chi connectivity index (χ0v) is 8.04. The van der Waals surface area contributed by atoms with Crippen molar-refractivity contribution in [3.63, 3.8) is 0 Å². The van der Waals surface area contributed by atoms with Crippen molar-refractivity contribution in [1.29, 1.82) is 0 Å². The number of hydrogen-bond donors (Lipinski definition) is 0. The molecule has 2 heteroatoms. The maximum atomic E-state index is 11.2. The topological polar surface area (TPSA) is 26.3 Å². The highest BCUT2D eigenvalue weighted by atomic mass is 16.5. The molecule has 0 N–H and O–H groups in total. The van der Waals surface area contributed by atoms with Gasteiger partial charge >= 0.3 is 0 Å². The Morgan fingerprint density at radius 2 is 2.08 bits per heavy atom. The van der Waals surface area contributed by atoms with Gasteiger partial charge < -0.3 is 4.74 Å². The summed E-state index contributed by atoms with van der Waals surface area (Å²) in [5.41, 5.74) is 1.73. The van der Waals surface area contributed by atoms with E-state index in [1.54, 1.807) is 6.92 Å². The van der Waals surface area contributed by atoms with Crippen LogP contribution in [-0.4, -0.2) is 12.4 Å². The Hall–Kier alpha value is -1.15. The van der Waals surface area contributed by atoms with Gasteiger partial charge in [0, 0.05) is 12.2 Å². The summed E-state index contributed by atoms with van der Waals surface area (Å²) in [5.74, 6) is 0.0929. The highest BCUT2D eigenvalue weighted by Crippen LogP contribution is 2.10. The number of carbonyl (C=O) groups is 1. The van der Waals surface area contributed by atoms with E-state index in [1.807, 2.05) is 31.2 Å². The van der Waals surface area contributed by atoms with Gasteiger partial charge in [-0.05, 0) is 19.4 Å². The lowest BCUT2D eigenvalue weighted by Gasteiger charge is -2.05. The number of ether oxygens (including phenoxy) is 1. The highest BCUT2D eigenvalue weighted by Gasteiger charge is 2.04. The van der Waals surface area contributed by atoms with Crippen LogP contribution in [0.5, 0.6) is 0 Å². The molecule has 2 nitrogen and oxygen atoms in total. The van der Waals surface area contributed by atoms with Crippen molar-refractivity contribution >= 4 is 5.78 Å². The lowest BCUT2D eigenvalue weighted by atomic mass is 10.1. The first-order valence-electron chi connectivity index (χ1n) is 4.42. The first-order valence-corrected chi connectivity index (χ1v) is 4.42. The Morgan fingerprint density at radius 3 is 2.69 bits per heavy atom. The summed E-state index contributed by atoms with van der Waals surface area (Å²) in [6, 6.07) is 7.54. The zero-order chi connectivity index (χ0) is 9.68. The van der Waals surface area contributed by atoms with Gasteiger partial charge in [-0.2, -0.15) is 0 Å². The van der Waals surface area contributed by atoms with Crippen molar-refractivity contribution in [3.05, 3.63) is 35.4 Å². The van der Waals surface area contributed by atoms with Crippen LogP contribution in [0.1, 0.15) is 29.8 Å². The van der Waals surface area contributed by atoms with E-state index in [2.05, 4.69) is 0 Å². The zero-order valence-electron chi connectivity index (χ0n) is 8.04. The van der Waals surface area contributed by atoms with E-state index in [-0.39, 0.29) is 5.78 Å². The highest BCUT2D eigenvalue weighted by molar-refractivity contribution is 5.95. The van der Waals surface area contributed by atoms with Gasteiger partial charge in [-0.25, -0.2) is 0 Å². The molecule has 0 amide bonds. The lowest BCUT2D eigenvalue weighted by Crippen LogP contribution is -2.01. The summed E-state index contributed by atoms with van der Waals surface area (Å²) >= 11 is 0. The number of benzene rings is 1. The van der Waals surface area contributed by atoms with E-state index < -0.39 is 0 Å². The van der Waals surface area contributed by atoms with Gasteiger partial charge in [-0.1, -0.05) is 24.3 Å². The second-order valence-electron chi connectivity index (χ2n) is 2.85. The van der Waals surface area contributed by atoms with Gasteiger partial charge in [-0.15, -0.1) is 0 Å². The molecule has 1 aromatic rings. The number of carbonyl (C=O) groups excluding carboxylic acids is 1. The standard InChI is InChI=1S/C11H14O2/c1-3-13-8-10-6-4-5-7-11(10)9(2)12/h4-7H,3,8H2,1-2H3. The summed E-state index contributed by atoms with van der Waals surface area (Å²) in [6.07, 6.45) is 0. The van der Waals surface area contributed by atoms with Gasteiger partial charge in [0.1, 0.15) is 0 Å². The van der Waals surface area contributed by atoms with Crippen molar-refractivity contribution in [2.75, 3.05) is 6.61 Å². The quantitative estimate of drug-likeness (QED) is 0.662. The van der Waals surface area contributed by atoms with Gasteiger partial charge in [-0.3, -0.25) is 4.79 Å². The van der Waals surface area contributed by atoms with Gasteiger partial charge in [0.05, 0.1) is 6.61 Å². The molecule has 0 aromatic heterocycles. The third-order valence-corrected chi connectivity index (χ3v) is 1.86. The smallest absolute Gasteiger partial charge is 0.160 e. The number of hydrogen-bond acceptors (Lipinski definition) is 2. The SMILES string of the molecule is CCOCc1ccccc1C(C)=O. The van der Waals surface area contributed by atoms with Crippen LogP contribution in [0.2, 0.25) is 0 Å². The minimum absolute atomic E-state index is 0.0929. The maximum absolute atomic E-state index is 11.2. The number of rotatable bonds is 4. The fourth-order valence-electron chi connectivity index (χ4n) is 1.20. The average molecular weight is 178 g/mol. The molecule has 0 bridgehead atoms. The van der Waals surface area contributed by atoms with Crippen molar-refractivity contribution in [2.24, 2.45) is 0 Å². The van der Waals surface area contributed by atoms with Gasteiger partial charge in [0.25, 0.3) is 0 Å². The summed E-state index contributed by atoms with van der Waals surface area (Å²) < 4.78 is 5.26. The van der Waals surface area contributed by atoms with Crippen LogP contribution in [0, 0.1) is 0 Å². The monoisotopic (exact) mass is 178 g/mol. The van der Waals surface area contributed by atoms with Crippen LogP contribution in [0.4, 0.5) is 0 Å². The molecular formula is C11H14O2. The predicted molar refractivity (Wildman–Crippen MR) is 51.8 cm³/mol. The van der Waals surface area contributed by atoms with Crippen LogP contribution in [0.3, 0.4) is 0 Å². The molecule has 13 heavy (non-hydrogen) atoms. The minimum Gasteiger partial charge on any atom is -0.377 e. The molecule has 0 aliphatic rings. The minimum atomic E-state index is 0.0929. The van der Waals surface area contributed by atoms with Gasteiger partial charge in [0.15, 0.2) is 5.78 Å². The fraction of sp³-hybridized carbons (Fsp3) is 0.364. The van der Waals surface area contributed by atoms with E-state index >= 15 is 0 Å². The van der Waals surface area contributed by atoms with Crippen LogP contribution in [0.25, 0.3) is 0 Å². The molecule has 0 atom stereocenters. The van der Waals surface area contributed by atoms with E-state index in [0.29, 0.717) is 13.2 Å². The average Bonchev–Trinajstić information content (AvgIpc) is 2.15. The molecule has 0 saturated heterocycles. The Labute approximate surface area is 78.5 Å². The Balaban J connectivity index is 2.84. The molecule has 0 saturated carbocycles. The molecule has 0 radical (unpaired) electrons. The second kappa shape index (κ2) is 4.77. The Bertz CT molecular complexity index is 292. The molecule has 0 spiro atoms. The van der Waals surface area contributed by atoms with Crippen LogP contribution >= 0.6 is 0 Å². The van der Waals surface area contributed by atoms with Crippen LogP contribution in [0.15, 0.2) is 24.3 Å². The van der Waals surface area contributed by atoms with Crippen LogP contribution in [-0.2, 0) is 11.3 Å². The van der Waals surface area contributed by atoms with Crippen LogP contribution < -0.4 is 0 Å². The molecule has 0 aliphatic carbocycles. The number of Topliss-reactive ketones (excluding diaryl/α,β-unsaturated/α-hetero) is 1. The van der Waals surface area contributed by atoms with Crippen molar-refractivity contribution in [2.45, 2.75) is 20.5 Å². The fourth-order valence-corrected chi connectivity index (χ4v) is 1.20.